The molecule has 4 nitrogen and oxygen atoms in total. The lowest BCUT2D eigenvalue weighted by molar-refractivity contribution is 0.0645. The number of ether oxygens (including phenoxy) is 3. The lowest BCUT2D eigenvalue weighted by atomic mass is 9.52. The molecule has 3 unspecified atom stereocenters. The Morgan fingerprint density at radius 1 is 0.689 bits per heavy atom. The number of methoxy groups -OCH3 is 2. The van der Waals surface area contributed by atoms with Crippen molar-refractivity contribution < 1.29 is 19.3 Å². The molecule has 4 aromatic carbocycles. The predicted octanol–water partition coefficient (Wildman–Crippen LogP) is 10.3. The maximum Gasteiger partial charge on any atom is 0.130 e. The van der Waals surface area contributed by atoms with E-state index in [4.69, 9.17) is 14.2 Å². The number of benzene rings is 4. The van der Waals surface area contributed by atoms with E-state index in [0.717, 1.165) is 64.3 Å². The van der Waals surface area contributed by atoms with E-state index in [2.05, 4.69) is 70.2 Å². The van der Waals surface area contributed by atoms with Crippen molar-refractivity contribution in [3.63, 3.8) is 0 Å². The molecule has 0 amide bonds. The van der Waals surface area contributed by atoms with E-state index in [1.165, 1.54) is 47.9 Å². The van der Waals surface area contributed by atoms with E-state index in [1.807, 2.05) is 18.2 Å². The number of aromatic hydroxyl groups is 1. The minimum absolute atomic E-state index is 0.146. The van der Waals surface area contributed by atoms with Crippen LogP contribution in [-0.4, -0.2) is 25.4 Å². The van der Waals surface area contributed by atoms with Crippen molar-refractivity contribution in [1.29, 1.82) is 0 Å². The Kier molecular flexibility index (Phi) is 6.35. The number of rotatable bonds is 5. The van der Waals surface area contributed by atoms with Gasteiger partial charge in [-0.15, -0.1) is 0 Å². The van der Waals surface area contributed by atoms with Crippen molar-refractivity contribution in [2.75, 3.05) is 14.2 Å². The number of fused-ring (bicyclic) bond motifs is 9. The van der Waals surface area contributed by atoms with Crippen molar-refractivity contribution in [1.82, 2.24) is 0 Å². The first-order valence-corrected chi connectivity index (χ1v) is 16.8. The second kappa shape index (κ2) is 9.92. The first-order valence-electron chi connectivity index (χ1n) is 16.8. The highest BCUT2D eigenvalue weighted by molar-refractivity contribution is 6.08. The molecule has 8 rings (SSSR count). The van der Waals surface area contributed by atoms with E-state index < -0.39 is 0 Å². The number of phenols is 1. The van der Waals surface area contributed by atoms with Crippen LogP contribution in [0.1, 0.15) is 83.8 Å². The zero-order chi connectivity index (χ0) is 31.3. The summed E-state index contributed by atoms with van der Waals surface area (Å²) in [6.45, 7) is 9.69. The van der Waals surface area contributed by atoms with Crippen LogP contribution in [-0.2, 0) is 5.41 Å². The van der Waals surface area contributed by atoms with E-state index in [-0.39, 0.29) is 22.3 Å². The van der Waals surface area contributed by atoms with Gasteiger partial charge in [0.15, 0.2) is 0 Å². The maximum absolute atomic E-state index is 11.9. The lowest BCUT2D eigenvalue weighted by Crippen LogP contribution is -2.43. The Morgan fingerprint density at radius 2 is 1.47 bits per heavy atom. The van der Waals surface area contributed by atoms with Crippen molar-refractivity contribution in [2.24, 2.45) is 22.7 Å². The molecule has 234 valence electrons. The molecular formula is C41H46O4. The van der Waals surface area contributed by atoms with Crippen LogP contribution >= 0.6 is 0 Å². The monoisotopic (exact) mass is 602 g/mol. The van der Waals surface area contributed by atoms with Gasteiger partial charge in [-0.05, 0) is 126 Å². The molecule has 3 saturated carbocycles. The normalized spacial score (nSPS) is 24.9. The zero-order valence-electron chi connectivity index (χ0n) is 27.6. The Balaban J connectivity index is 1.39. The van der Waals surface area contributed by atoms with Gasteiger partial charge >= 0.3 is 0 Å². The molecule has 0 radical (unpaired) electrons. The largest absolute Gasteiger partial charge is 0.507 e. The quantitative estimate of drug-likeness (QED) is 0.247. The van der Waals surface area contributed by atoms with Crippen LogP contribution in [0.25, 0.3) is 33.0 Å². The van der Waals surface area contributed by atoms with Crippen molar-refractivity contribution in [3.8, 4) is 45.3 Å². The van der Waals surface area contributed by atoms with Gasteiger partial charge in [-0.1, -0.05) is 52.0 Å². The molecule has 4 aliphatic rings. The molecular weight excluding hydrogens is 556 g/mol. The SMILES string of the molecule is COc1ccc(-c2cc3c(O)cc4c(c3cc2OC2CC3CCC2C3)-c2ccccc2C42CC(C)(C)CC(C)(C)C2)c(OC)c1. The first kappa shape index (κ1) is 28.8. The summed E-state index contributed by atoms with van der Waals surface area (Å²) in [6.07, 6.45) is 8.51. The van der Waals surface area contributed by atoms with E-state index in [1.54, 1.807) is 14.2 Å². The van der Waals surface area contributed by atoms with E-state index >= 15 is 0 Å². The van der Waals surface area contributed by atoms with Crippen LogP contribution in [0.15, 0.2) is 60.7 Å². The molecule has 2 bridgehead atoms. The average Bonchev–Trinajstić information content (AvgIpc) is 3.68. The fourth-order valence-corrected chi connectivity index (χ4v) is 10.7. The van der Waals surface area contributed by atoms with Gasteiger partial charge in [0, 0.05) is 28.0 Å². The summed E-state index contributed by atoms with van der Waals surface area (Å²) >= 11 is 0. The molecule has 0 heterocycles. The third-order valence-corrected chi connectivity index (χ3v) is 11.6. The van der Waals surface area contributed by atoms with Crippen molar-refractivity contribution in [3.05, 3.63) is 71.8 Å². The van der Waals surface area contributed by atoms with Gasteiger partial charge in [0.05, 0.1) is 14.2 Å². The molecule has 3 fully saturated rings. The Hall–Kier alpha value is -3.66. The minimum Gasteiger partial charge on any atom is -0.507 e. The molecule has 4 aliphatic carbocycles. The second-order valence-electron chi connectivity index (χ2n) is 16.1. The minimum atomic E-state index is -0.146. The highest BCUT2D eigenvalue weighted by Gasteiger charge is 2.53. The summed E-state index contributed by atoms with van der Waals surface area (Å²) in [7, 11) is 3.37. The number of hydrogen-bond acceptors (Lipinski definition) is 4. The third kappa shape index (κ3) is 4.46. The van der Waals surface area contributed by atoms with Gasteiger partial charge in [0.25, 0.3) is 0 Å². The van der Waals surface area contributed by atoms with Crippen LogP contribution < -0.4 is 14.2 Å². The Morgan fingerprint density at radius 3 is 2.16 bits per heavy atom. The summed E-state index contributed by atoms with van der Waals surface area (Å²) in [5, 5.41) is 13.9. The van der Waals surface area contributed by atoms with Gasteiger partial charge in [-0.3, -0.25) is 0 Å². The van der Waals surface area contributed by atoms with Gasteiger partial charge in [0.2, 0.25) is 0 Å². The molecule has 0 saturated heterocycles. The van der Waals surface area contributed by atoms with Crippen molar-refractivity contribution in [2.45, 2.75) is 84.2 Å². The van der Waals surface area contributed by atoms with Crippen LogP contribution in [0.4, 0.5) is 0 Å². The standard InChI is InChI=1S/C41H46O4/c1-39(2)21-40(3,4)23-41(22-39)32-10-8-7-9-28(32)38-31-19-37(45-35-16-24-11-12-25(35)15-24)30(18-29(31)34(42)20-33(38)41)27-14-13-26(43-5)17-36(27)44-6/h7-10,13-14,17-20,24-25,35,42H,11-12,15-16,21-23H2,1-6H3. The summed E-state index contributed by atoms with van der Waals surface area (Å²) in [6, 6.07) is 21.4. The zero-order valence-corrected chi connectivity index (χ0v) is 27.6. The van der Waals surface area contributed by atoms with Gasteiger partial charge in [0.1, 0.15) is 29.1 Å². The topological polar surface area (TPSA) is 47.9 Å². The fraction of sp³-hybridized carbons (Fsp3) is 0.463. The van der Waals surface area contributed by atoms with Crippen LogP contribution in [0.2, 0.25) is 0 Å². The van der Waals surface area contributed by atoms with Gasteiger partial charge < -0.3 is 19.3 Å². The van der Waals surface area contributed by atoms with Crippen LogP contribution in [0.5, 0.6) is 23.0 Å². The van der Waals surface area contributed by atoms with Crippen LogP contribution in [0.3, 0.4) is 0 Å². The Bertz CT molecular complexity index is 1820. The highest BCUT2D eigenvalue weighted by Crippen LogP contribution is 2.65. The molecule has 0 aliphatic heterocycles. The highest BCUT2D eigenvalue weighted by atomic mass is 16.5. The maximum atomic E-state index is 11.9. The summed E-state index contributed by atoms with van der Waals surface area (Å²) in [5.41, 5.74) is 7.32. The predicted molar refractivity (Wildman–Crippen MR) is 182 cm³/mol. The van der Waals surface area contributed by atoms with Gasteiger partial charge in [-0.25, -0.2) is 0 Å². The molecule has 0 aromatic heterocycles. The van der Waals surface area contributed by atoms with E-state index in [9.17, 15) is 5.11 Å². The summed E-state index contributed by atoms with van der Waals surface area (Å²) in [5.74, 6) is 4.06. The number of hydrogen-bond donors (Lipinski definition) is 1. The lowest BCUT2D eigenvalue weighted by Gasteiger charge is -2.51. The molecule has 4 aromatic rings. The fourth-order valence-electron chi connectivity index (χ4n) is 10.7. The van der Waals surface area contributed by atoms with Crippen molar-refractivity contribution >= 4 is 10.8 Å². The summed E-state index contributed by atoms with van der Waals surface area (Å²) in [4.78, 5) is 0. The molecule has 45 heavy (non-hydrogen) atoms. The van der Waals surface area contributed by atoms with Crippen LogP contribution in [0, 0.1) is 22.7 Å². The average molecular weight is 603 g/mol. The smallest absolute Gasteiger partial charge is 0.130 e. The van der Waals surface area contributed by atoms with Gasteiger partial charge in [-0.2, -0.15) is 0 Å². The molecule has 3 atom stereocenters. The molecule has 1 N–H and O–H groups in total. The third-order valence-electron chi connectivity index (χ3n) is 11.6. The molecule has 1 spiro atoms. The second-order valence-corrected chi connectivity index (χ2v) is 16.1. The summed E-state index contributed by atoms with van der Waals surface area (Å²) < 4.78 is 18.5. The molecule has 4 heteroatoms. The number of phenolic OH excluding ortho intramolecular Hbond substituents is 1. The van der Waals surface area contributed by atoms with E-state index in [0.29, 0.717) is 11.7 Å². The Labute approximate surface area is 267 Å². The first-order chi connectivity index (χ1) is 21.5.